The Morgan fingerprint density at radius 3 is 1.60 bits per heavy atom. The van der Waals surface area contributed by atoms with Crippen molar-refractivity contribution in [1.82, 2.24) is 19.9 Å². The van der Waals surface area contributed by atoms with Gasteiger partial charge < -0.3 is 31.9 Å². The van der Waals surface area contributed by atoms with Crippen LogP contribution in [0.3, 0.4) is 0 Å². The largest absolute Gasteiger partial charge is 0.504 e. The van der Waals surface area contributed by atoms with E-state index in [1.807, 2.05) is 0 Å². The molecular weight excluding hydrogens is 435 g/mol. The Balaban J connectivity index is 0.00000160. The fraction of sp³-hybridized carbons (Fsp3) is 0. The van der Waals surface area contributed by atoms with E-state index in [0.717, 1.165) is 0 Å². The third-order valence-electron chi connectivity index (χ3n) is 4.07. The second kappa shape index (κ2) is 8.31. The number of rotatable bonds is 2. The molecule has 0 amide bonds. The molecule has 0 aliphatic heterocycles. The predicted octanol–water partition coefficient (Wildman–Crippen LogP) is 2.58. The molecule has 4 rings (SSSR count). The van der Waals surface area contributed by atoms with E-state index >= 15 is 0 Å². The number of fused-ring (bicyclic) bond motifs is 1. The molecule has 0 unspecified atom stereocenters. The van der Waals surface area contributed by atoms with Crippen molar-refractivity contribution in [1.29, 1.82) is 0 Å². The number of phenolic OH excluding ortho intramolecular Hbond substituents is 4. The molecule has 0 atom stereocenters. The van der Waals surface area contributed by atoms with Crippen LogP contribution in [0.15, 0.2) is 36.4 Å². The normalized spacial score (nSPS) is 10.3. The van der Waals surface area contributed by atoms with Crippen molar-refractivity contribution in [2.75, 3.05) is 11.5 Å². The lowest BCUT2D eigenvalue weighted by Crippen LogP contribution is -2.05. The molecule has 0 aliphatic carbocycles. The minimum Gasteiger partial charge on any atom is -0.504 e. The van der Waals surface area contributed by atoms with Gasteiger partial charge in [-0.1, -0.05) is 0 Å². The van der Waals surface area contributed by atoms with Crippen LogP contribution >= 0.6 is 24.8 Å². The molecule has 2 aromatic heterocycles. The minimum absolute atomic E-state index is 0. The molecule has 0 radical (unpaired) electrons. The standard InChI is InChI=1S/C18H14N6O4.2ClH/c19-16-15-17(24-18(20)23-16)22-14(8-2-4-10(26)12(28)6-8)13(21-15)7-1-3-9(25)11(27)5-7;;/h1-6,25-28H,(H4,19,20,22,23,24);2*1H. The van der Waals surface area contributed by atoms with Crippen LogP contribution in [0.5, 0.6) is 23.0 Å². The van der Waals surface area contributed by atoms with Crippen LogP contribution in [0, 0.1) is 0 Å². The van der Waals surface area contributed by atoms with Gasteiger partial charge in [0.1, 0.15) is 0 Å². The molecule has 2 aromatic carbocycles. The Hall–Kier alpha value is -3.76. The molecule has 0 aliphatic rings. The van der Waals surface area contributed by atoms with Crippen molar-refractivity contribution < 1.29 is 20.4 Å². The SMILES string of the molecule is Cl.Cl.Nc1nc(N)c2nc(-c3ccc(O)c(O)c3)c(-c3ccc(O)c(O)c3)nc2n1. The zero-order valence-electron chi connectivity index (χ0n) is 15.0. The van der Waals surface area contributed by atoms with Crippen molar-refractivity contribution in [3.8, 4) is 45.5 Å². The molecule has 0 spiro atoms. The van der Waals surface area contributed by atoms with Gasteiger partial charge in [0, 0.05) is 11.1 Å². The van der Waals surface area contributed by atoms with E-state index in [1.165, 1.54) is 36.4 Å². The Morgan fingerprint density at radius 2 is 1.10 bits per heavy atom. The fourth-order valence-corrected chi connectivity index (χ4v) is 2.73. The summed E-state index contributed by atoms with van der Waals surface area (Å²) < 4.78 is 0. The monoisotopic (exact) mass is 450 g/mol. The highest BCUT2D eigenvalue weighted by molar-refractivity contribution is 5.90. The molecule has 8 N–H and O–H groups in total. The first kappa shape index (κ1) is 22.5. The highest BCUT2D eigenvalue weighted by Crippen LogP contribution is 2.38. The summed E-state index contributed by atoms with van der Waals surface area (Å²) in [5, 5.41) is 38.9. The van der Waals surface area contributed by atoms with Crippen LogP contribution in [-0.2, 0) is 0 Å². The third kappa shape index (κ3) is 3.86. The highest BCUT2D eigenvalue weighted by atomic mass is 35.5. The van der Waals surface area contributed by atoms with Gasteiger partial charge in [0.15, 0.2) is 40.0 Å². The molecule has 4 aromatic rings. The van der Waals surface area contributed by atoms with Crippen LogP contribution in [0.1, 0.15) is 0 Å². The number of nitrogens with two attached hydrogens (primary N) is 2. The van der Waals surface area contributed by atoms with Gasteiger partial charge >= 0.3 is 0 Å². The van der Waals surface area contributed by atoms with Crippen molar-refractivity contribution in [2.45, 2.75) is 0 Å². The number of nitrogens with zero attached hydrogens (tertiary/aromatic N) is 4. The third-order valence-corrected chi connectivity index (χ3v) is 4.07. The number of aromatic nitrogens is 4. The molecule has 0 fully saturated rings. The first-order chi connectivity index (χ1) is 13.3. The van der Waals surface area contributed by atoms with Gasteiger partial charge in [-0.3, -0.25) is 0 Å². The van der Waals surface area contributed by atoms with Crippen LogP contribution < -0.4 is 11.5 Å². The van der Waals surface area contributed by atoms with E-state index in [-0.39, 0.29) is 82.1 Å². The number of hydrogen-bond acceptors (Lipinski definition) is 10. The smallest absolute Gasteiger partial charge is 0.224 e. The van der Waals surface area contributed by atoms with Gasteiger partial charge in [-0.25, -0.2) is 9.97 Å². The van der Waals surface area contributed by atoms with E-state index in [9.17, 15) is 20.4 Å². The lowest BCUT2D eigenvalue weighted by atomic mass is 10.0. The Bertz CT molecular complexity index is 1260. The summed E-state index contributed by atoms with van der Waals surface area (Å²) in [5.41, 5.74) is 13.3. The van der Waals surface area contributed by atoms with E-state index in [1.54, 1.807) is 0 Å². The summed E-state index contributed by atoms with van der Waals surface area (Å²) in [4.78, 5) is 16.9. The maximum atomic E-state index is 9.87. The number of halogens is 2. The molecule has 10 nitrogen and oxygen atoms in total. The van der Waals surface area contributed by atoms with Gasteiger partial charge in [-0.05, 0) is 36.4 Å². The molecule has 30 heavy (non-hydrogen) atoms. The van der Waals surface area contributed by atoms with E-state index < -0.39 is 0 Å². The van der Waals surface area contributed by atoms with E-state index in [4.69, 9.17) is 11.5 Å². The second-order valence-corrected chi connectivity index (χ2v) is 5.97. The van der Waals surface area contributed by atoms with Gasteiger partial charge in [0.25, 0.3) is 0 Å². The molecule has 2 heterocycles. The first-order valence-corrected chi connectivity index (χ1v) is 7.99. The van der Waals surface area contributed by atoms with Gasteiger partial charge in [0.05, 0.1) is 11.4 Å². The average molecular weight is 451 g/mol. The fourth-order valence-electron chi connectivity index (χ4n) is 2.73. The topological polar surface area (TPSA) is 185 Å². The summed E-state index contributed by atoms with van der Waals surface area (Å²) in [6, 6.07) is 8.28. The molecule has 0 bridgehead atoms. The zero-order valence-corrected chi connectivity index (χ0v) is 16.6. The summed E-state index contributed by atoms with van der Waals surface area (Å²) in [6.07, 6.45) is 0. The lowest BCUT2D eigenvalue weighted by molar-refractivity contribution is 0.404. The van der Waals surface area contributed by atoms with Crippen LogP contribution in [0.25, 0.3) is 33.7 Å². The van der Waals surface area contributed by atoms with Gasteiger partial charge in [-0.15, -0.1) is 24.8 Å². The number of anilines is 2. The Kier molecular flexibility index (Phi) is 6.24. The molecular formula is C18H16Cl2N6O4. The van der Waals surface area contributed by atoms with Crippen LogP contribution in [0.4, 0.5) is 11.8 Å². The molecule has 156 valence electrons. The Morgan fingerprint density at radius 1 is 0.600 bits per heavy atom. The highest BCUT2D eigenvalue weighted by Gasteiger charge is 2.18. The Labute approximate surface area is 181 Å². The quantitative estimate of drug-likeness (QED) is 0.248. The van der Waals surface area contributed by atoms with Gasteiger partial charge in [0.2, 0.25) is 5.95 Å². The zero-order chi connectivity index (χ0) is 20.0. The van der Waals surface area contributed by atoms with E-state index in [2.05, 4.69) is 19.9 Å². The number of aromatic hydroxyl groups is 4. The number of hydrogen-bond donors (Lipinski definition) is 6. The summed E-state index contributed by atoms with van der Waals surface area (Å²) in [7, 11) is 0. The molecule has 0 saturated carbocycles. The number of phenols is 4. The first-order valence-electron chi connectivity index (χ1n) is 7.99. The van der Waals surface area contributed by atoms with Gasteiger partial charge in [-0.2, -0.15) is 9.97 Å². The summed E-state index contributed by atoms with van der Waals surface area (Å²) >= 11 is 0. The number of nitrogen functional groups attached to an aromatic ring is 2. The maximum absolute atomic E-state index is 9.87. The minimum atomic E-state index is -0.347. The van der Waals surface area contributed by atoms with Crippen molar-refractivity contribution in [3.05, 3.63) is 36.4 Å². The van der Waals surface area contributed by atoms with Crippen LogP contribution in [-0.4, -0.2) is 40.4 Å². The van der Waals surface area contributed by atoms with Crippen molar-refractivity contribution in [2.24, 2.45) is 0 Å². The second-order valence-electron chi connectivity index (χ2n) is 5.97. The average Bonchev–Trinajstić information content (AvgIpc) is 2.65. The predicted molar refractivity (Wildman–Crippen MR) is 116 cm³/mol. The van der Waals surface area contributed by atoms with Crippen molar-refractivity contribution >= 4 is 47.7 Å². The van der Waals surface area contributed by atoms with Crippen molar-refractivity contribution in [3.63, 3.8) is 0 Å². The van der Waals surface area contributed by atoms with E-state index in [0.29, 0.717) is 11.1 Å². The number of benzene rings is 2. The summed E-state index contributed by atoms with van der Waals surface area (Å²) in [6.45, 7) is 0. The molecule has 12 heteroatoms. The lowest BCUT2D eigenvalue weighted by Gasteiger charge is -2.12. The molecule has 0 saturated heterocycles. The maximum Gasteiger partial charge on any atom is 0.224 e. The summed E-state index contributed by atoms with van der Waals surface area (Å²) in [5.74, 6) is -1.33. The van der Waals surface area contributed by atoms with Crippen LogP contribution in [0.2, 0.25) is 0 Å².